The van der Waals surface area contributed by atoms with E-state index in [1.54, 1.807) is 0 Å². The molecule has 174 valence electrons. The highest BCUT2D eigenvalue weighted by atomic mass is 16.7. The van der Waals surface area contributed by atoms with Gasteiger partial charge in [-0.25, -0.2) is 4.79 Å². The third-order valence-corrected chi connectivity index (χ3v) is 7.53. The topological polar surface area (TPSA) is 69.3 Å². The van der Waals surface area contributed by atoms with E-state index >= 15 is 0 Å². The molecule has 2 atom stereocenters. The third-order valence-electron chi connectivity index (χ3n) is 7.53. The summed E-state index contributed by atoms with van der Waals surface area (Å²) in [5, 5.41) is 3.17. The van der Waals surface area contributed by atoms with Crippen LogP contribution >= 0.6 is 0 Å². The summed E-state index contributed by atoms with van der Waals surface area (Å²) in [7, 11) is 0. The van der Waals surface area contributed by atoms with Crippen molar-refractivity contribution in [2.45, 2.75) is 38.8 Å². The van der Waals surface area contributed by atoms with E-state index in [0.717, 1.165) is 66.4 Å². The van der Waals surface area contributed by atoms with Gasteiger partial charge in [-0.2, -0.15) is 0 Å². The number of carbonyl (C=O) groups is 1. The van der Waals surface area contributed by atoms with Crippen LogP contribution in [0.5, 0.6) is 17.2 Å². The monoisotopic (exact) mass is 450 g/mol. The van der Waals surface area contributed by atoms with E-state index in [2.05, 4.69) is 36.2 Å². The number of fused-ring (bicyclic) bond motifs is 5. The Bertz CT molecular complexity index is 1080. The number of hydrogen-bond donors (Lipinski definition) is 1. The van der Waals surface area contributed by atoms with Crippen molar-refractivity contribution in [2.24, 2.45) is 11.3 Å². The van der Waals surface area contributed by atoms with Gasteiger partial charge in [0.15, 0.2) is 11.5 Å². The zero-order chi connectivity index (χ0) is 22.6. The molecule has 33 heavy (non-hydrogen) atoms. The number of amides is 1. The fraction of sp³-hybridized carbons (Fsp3) is 0.500. The van der Waals surface area contributed by atoms with Crippen LogP contribution in [0.25, 0.3) is 11.1 Å². The molecule has 5 aliphatic heterocycles. The average Bonchev–Trinajstić information content (AvgIpc) is 3.29. The number of rotatable bonds is 3. The molecular weight excluding hydrogens is 420 g/mol. The second kappa shape index (κ2) is 7.83. The molecule has 2 bridgehead atoms. The van der Waals surface area contributed by atoms with Crippen molar-refractivity contribution in [2.75, 3.05) is 33.0 Å². The lowest BCUT2D eigenvalue weighted by Crippen LogP contribution is -2.53. The molecule has 1 N–H and O–H groups in total. The minimum Gasteiger partial charge on any atom is -0.493 e. The summed E-state index contributed by atoms with van der Waals surface area (Å²) >= 11 is 0. The van der Waals surface area contributed by atoms with Gasteiger partial charge in [0, 0.05) is 17.5 Å². The van der Waals surface area contributed by atoms with E-state index < -0.39 is 0 Å². The summed E-state index contributed by atoms with van der Waals surface area (Å²) in [4.78, 5) is 15.3. The predicted octanol–water partition coefficient (Wildman–Crippen LogP) is 4.36. The maximum atomic E-state index is 12.9. The van der Waals surface area contributed by atoms with Gasteiger partial charge in [-0.15, -0.1) is 0 Å². The molecule has 7 rings (SSSR count). The van der Waals surface area contributed by atoms with Crippen LogP contribution in [0.15, 0.2) is 36.4 Å². The lowest BCUT2D eigenvalue weighted by atomic mass is 9.78. The molecule has 0 aromatic heterocycles. The minimum absolute atomic E-state index is 0.0108. The zero-order valence-electron chi connectivity index (χ0n) is 19.1. The van der Waals surface area contributed by atoms with Crippen molar-refractivity contribution < 1.29 is 23.7 Å². The van der Waals surface area contributed by atoms with E-state index in [4.69, 9.17) is 18.9 Å². The quantitative estimate of drug-likeness (QED) is 0.749. The van der Waals surface area contributed by atoms with Gasteiger partial charge in [-0.05, 0) is 61.2 Å². The Labute approximate surface area is 193 Å². The highest BCUT2D eigenvalue weighted by molar-refractivity contribution is 5.71. The van der Waals surface area contributed by atoms with Gasteiger partial charge in [0.1, 0.15) is 11.9 Å². The second-order valence-corrected chi connectivity index (χ2v) is 10.3. The summed E-state index contributed by atoms with van der Waals surface area (Å²) in [6.07, 6.45) is 1.89. The molecule has 1 amide bonds. The van der Waals surface area contributed by atoms with E-state index in [-0.39, 0.29) is 30.4 Å². The van der Waals surface area contributed by atoms with Crippen LogP contribution in [0.2, 0.25) is 0 Å². The van der Waals surface area contributed by atoms with Crippen molar-refractivity contribution in [1.82, 2.24) is 10.2 Å². The minimum atomic E-state index is -0.334. The molecule has 1 unspecified atom stereocenters. The number of piperidine rings is 3. The largest absolute Gasteiger partial charge is 0.493 e. The fourth-order valence-electron chi connectivity index (χ4n) is 5.53. The molecule has 3 fully saturated rings. The van der Waals surface area contributed by atoms with Gasteiger partial charge in [0.2, 0.25) is 6.79 Å². The van der Waals surface area contributed by atoms with Crippen LogP contribution in [0, 0.1) is 11.3 Å². The molecule has 0 aliphatic carbocycles. The lowest BCUT2D eigenvalue weighted by molar-refractivity contribution is -0.0361. The summed E-state index contributed by atoms with van der Waals surface area (Å²) in [5.74, 6) is 2.79. The Morgan fingerprint density at radius 3 is 2.48 bits per heavy atom. The molecule has 5 aliphatic rings. The van der Waals surface area contributed by atoms with Crippen LogP contribution in [0.3, 0.4) is 0 Å². The third kappa shape index (κ3) is 3.78. The second-order valence-electron chi connectivity index (χ2n) is 10.3. The first kappa shape index (κ1) is 20.7. The van der Waals surface area contributed by atoms with Crippen LogP contribution in [-0.4, -0.2) is 50.1 Å². The molecule has 7 nitrogen and oxygen atoms in total. The predicted molar refractivity (Wildman–Crippen MR) is 123 cm³/mol. The molecule has 3 saturated heterocycles. The van der Waals surface area contributed by atoms with E-state index in [9.17, 15) is 4.79 Å². The molecule has 7 heteroatoms. The number of carbonyl (C=O) groups excluding carboxylic acids is 1. The van der Waals surface area contributed by atoms with Crippen molar-refractivity contribution >= 4 is 6.09 Å². The number of nitrogens with zero attached hydrogens (tertiary/aromatic N) is 1. The molecule has 5 heterocycles. The molecular formula is C26H30N2O5. The van der Waals surface area contributed by atoms with Gasteiger partial charge >= 0.3 is 6.09 Å². The van der Waals surface area contributed by atoms with Gasteiger partial charge in [-0.1, -0.05) is 32.0 Å². The summed E-state index contributed by atoms with van der Waals surface area (Å²) in [5.41, 5.74) is 2.77. The van der Waals surface area contributed by atoms with Crippen LogP contribution in [0.1, 0.15) is 38.3 Å². The normalized spacial score (nSPS) is 28.5. The maximum Gasteiger partial charge on any atom is 0.407 e. The Kier molecular flexibility index (Phi) is 4.91. The highest BCUT2D eigenvalue weighted by Crippen LogP contribution is 2.45. The molecule has 0 saturated carbocycles. The Hall–Kier alpha value is -2.93. The zero-order valence-corrected chi connectivity index (χ0v) is 19.1. The first-order valence-corrected chi connectivity index (χ1v) is 11.8. The SMILES string of the molecule is CC1(C)COc2cc(-c3ccc4c(c3)OCO4)ccc2C1NC(=O)O[C@@H]1CN2CCC1CC2. The van der Waals surface area contributed by atoms with Gasteiger partial charge < -0.3 is 24.3 Å². The van der Waals surface area contributed by atoms with Crippen molar-refractivity contribution in [1.29, 1.82) is 0 Å². The van der Waals surface area contributed by atoms with E-state index in [0.29, 0.717) is 12.5 Å². The Balaban J connectivity index is 1.22. The first-order chi connectivity index (χ1) is 16.0. The van der Waals surface area contributed by atoms with Crippen LogP contribution in [0.4, 0.5) is 4.79 Å². The number of ether oxygens (including phenoxy) is 4. The van der Waals surface area contributed by atoms with Crippen molar-refractivity contribution in [3.8, 4) is 28.4 Å². The van der Waals surface area contributed by atoms with Gasteiger partial charge in [-0.3, -0.25) is 4.90 Å². The molecule has 0 radical (unpaired) electrons. The maximum absolute atomic E-state index is 12.9. The highest BCUT2D eigenvalue weighted by Gasteiger charge is 2.41. The summed E-state index contributed by atoms with van der Waals surface area (Å²) in [6.45, 7) is 8.09. The van der Waals surface area contributed by atoms with Crippen LogP contribution < -0.4 is 19.5 Å². The lowest BCUT2D eigenvalue weighted by Gasteiger charge is -2.44. The van der Waals surface area contributed by atoms with E-state index in [1.807, 2.05) is 24.3 Å². The molecule has 0 spiro atoms. The first-order valence-electron chi connectivity index (χ1n) is 11.8. The number of nitrogens with one attached hydrogen (secondary N) is 1. The summed E-state index contributed by atoms with van der Waals surface area (Å²) in [6, 6.07) is 11.9. The standard InChI is InChI=1S/C26H30N2O5/c1-26(2)14-30-21-11-17(18-4-6-20-22(12-18)32-15-31-20)3-5-19(21)24(26)27-25(29)33-23-13-28-9-7-16(23)8-10-28/h3-6,11-12,16,23-24H,7-10,13-15H2,1-2H3,(H,27,29)/t23-,24?/m1/s1. The summed E-state index contributed by atoms with van der Waals surface area (Å²) < 4.78 is 23.0. The fourth-order valence-corrected chi connectivity index (χ4v) is 5.53. The average molecular weight is 451 g/mol. The van der Waals surface area contributed by atoms with Crippen molar-refractivity contribution in [3.63, 3.8) is 0 Å². The smallest absolute Gasteiger partial charge is 0.407 e. The van der Waals surface area contributed by atoms with E-state index in [1.165, 1.54) is 0 Å². The molecule has 2 aromatic carbocycles. The number of alkyl carbamates (subject to hydrolysis) is 1. The number of benzene rings is 2. The van der Waals surface area contributed by atoms with Crippen molar-refractivity contribution in [3.05, 3.63) is 42.0 Å². The van der Waals surface area contributed by atoms with Gasteiger partial charge in [0.25, 0.3) is 0 Å². The Morgan fingerprint density at radius 1 is 1.00 bits per heavy atom. The molecule has 2 aromatic rings. The van der Waals surface area contributed by atoms with Gasteiger partial charge in [0.05, 0.1) is 12.6 Å². The van der Waals surface area contributed by atoms with Crippen LogP contribution in [-0.2, 0) is 4.74 Å². The Morgan fingerprint density at radius 2 is 1.73 bits per heavy atom. The number of hydrogen-bond acceptors (Lipinski definition) is 6.